The Kier molecular flexibility index (Phi) is 5.11. The Morgan fingerprint density at radius 3 is 2.38 bits per heavy atom. The van der Waals surface area contributed by atoms with Crippen LogP contribution in [0.5, 0.6) is 11.5 Å². The molecule has 0 spiro atoms. The molecule has 2 aromatic rings. The molecule has 0 aliphatic carbocycles. The maximum absolute atomic E-state index is 10.4. The molecule has 1 heterocycles. The average molecular weight is 288 g/mol. The number of hydrogen-bond acceptors (Lipinski definition) is 5. The lowest BCUT2D eigenvalue weighted by atomic mass is 10.1. The highest BCUT2D eigenvalue weighted by Gasteiger charge is 2.15. The highest BCUT2D eigenvalue weighted by Crippen LogP contribution is 2.32. The van der Waals surface area contributed by atoms with Crippen LogP contribution in [0, 0.1) is 6.92 Å². The van der Waals surface area contributed by atoms with E-state index in [-0.39, 0.29) is 0 Å². The Morgan fingerprint density at radius 1 is 1.05 bits per heavy atom. The quantitative estimate of drug-likeness (QED) is 0.885. The van der Waals surface area contributed by atoms with E-state index in [1.807, 2.05) is 20.8 Å². The molecule has 0 saturated carbocycles. The van der Waals surface area contributed by atoms with E-state index in [0.29, 0.717) is 36.0 Å². The molecule has 112 valence electrons. The molecule has 0 aliphatic rings. The van der Waals surface area contributed by atoms with Gasteiger partial charge in [0.25, 0.3) is 0 Å². The third-order valence-electron chi connectivity index (χ3n) is 2.96. The number of aryl methyl sites for hydroxylation is 1. The summed E-state index contributed by atoms with van der Waals surface area (Å²) in [7, 11) is 0. The number of aliphatic hydroxyl groups is 1. The summed E-state index contributed by atoms with van der Waals surface area (Å²) < 4.78 is 11.1. The lowest BCUT2D eigenvalue weighted by molar-refractivity contribution is 0.213. The molecule has 0 saturated heterocycles. The molecule has 5 nitrogen and oxygen atoms in total. The molecule has 1 aromatic heterocycles. The van der Waals surface area contributed by atoms with Gasteiger partial charge < -0.3 is 14.6 Å². The van der Waals surface area contributed by atoms with E-state index < -0.39 is 6.10 Å². The fraction of sp³-hybridized carbons (Fsp3) is 0.375. The maximum Gasteiger partial charge on any atom is 0.161 e. The largest absolute Gasteiger partial charge is 0.490 e. The van der Waals surface area contributed by atoms with Crippen LogP contribution in [0.25, 0.3) is 0 Å². The third kappa shape index (κ3) is 3.70. The second-order valence-corrected chi connectivity index (χ2v) is 4.56. The molecule has 0 radical (unpaired) electrons. The van der Waals surface area contributed by atoms with Crippen LogP contribution in [-0.4, -0.2) is 28.3 Å². The second kappa shape index (κ2) is 7.04. The Hall–Kier alpha value is -2.14. The van der Waals surface area contributed by atoms with Crippen LogP contribution in [0.2, 0.25) is 0 Å². The normalized spacial score (nSPS) is 12.0. The van der Waals surface area contributed by atoms with Gasteiger partial charge in [-0.1, -0.05) is 6.07 Å². The van der Waals surface area contributed by atoms with Gasteiger partial charge in [0, 0.05) is 6.20 Å². The molecule has 0 bridgehead atoms. The van der Waals surface area contributed by atoms with Gasteiger partial charge in [-0.25, -0.2) is 0 Å². The number of aliphatic hydroxyl groups excluding tert-OH is 1. The van der Waals surface area contributed by atoms with E-state index in [4.69, 9.17) is 9.47 Å². The van der Waals surface area contributed by atoms with Gasteiger partial charge in [0.1, 0.15) is 6.10 Å². The van der Waals surface area contributed by atoms with Gasteiger partial charge in [-0.15, -0.1) is 0 Å². The Labute approximate surface area is 124 Å². The van der Waals surface area contributed by atoms with Gasteiger partial charge in [0.15, 0.2) is 11.5 Å². The fourth-order valence-electron chi connectivity index (χ4n) is 1.95. The summed E-state index contributed by atoms with van der Waals surface area (Å²) in [6, 6.07) is 5.38. The van der Waals surface area contributed by atoms with Crippen molar-refractivity contribution in [1.82, 2.24) is 9.97 Å². The topological polar surface area (TPSA) is 64.5 Å². The van der Waals surface area contributed by atoms with Crippen molar-refractivity contribution in [3.05, 3.63) is 47.5 Å². The first kappa shape index (κ1) is 15.3. The summed E-state index contributed by atoms with van der Waals surface area (Å²) >= 11 is 0. The number of hydrogen-bond donors (Lipinski definition) is 1. The average Bonchev–Trinajstić information content (AvgIpc) is 2.49. The van der Waals surface area contributed by atoms with Crippen LogP contribution in [0.1, 0.15) is 36.9 Å². The number of ether oxygens (including phenoxy) is 2. The molecular weight excluding hydrogens is 268 g/mol. The van der Waals surface area contributed by atoms with E-state index in [1.165, 1.54) is 0 Å². The zero-order valence-electron chi connectivity index (χ0n) is 12.5. The molecule has 1 N–H and O–H groups in total. The molecule has 0 aliphatic heterocycles. The zero-order valence-corrected chi connectivity index (χ0v) is 12.5. The lowest BCUT2D eigenvalue weighted by Crippen LogP contribution is -2.05. The smallest absolute Gasteiger partial charge is 0.161 e. The molecule has 1 aromatic carbocycles. The first-order valence-electron chi connectivity index (χ1n) is 7.01. The van der Waals surface area contributed by atoms with Crippen molar-refractivity contribution in [2.45, 2.75) is 26.9 Å². The first-order valence-corrected chi connectivity index (χ1v) is 7.01. The van der Waals surface area contributed by atoms with Crippen molar-refractivity contribution in [2.24, 2.45) is 0 Å². The van der Waals surface area contributed by atoms with Gasteiger partial charge >= 0.3 is 0 Å². The predicted molar refractivity (Wildman–Crippen MR) is 79.6 cm³/mol. The van der Waals surface area contributed by atoms with Crippen LogP contribution < -0.4 is 9.47 Å². The number of aromatic nitrogens is 2. The van der Waals surface area contributed by atoms with Crippen molar-refractivity contribution in [3.8, 4) is 11.5 Å². The molecule has 2 rings (SSSR count). The van der Waals surface area contributed by atoms with E-state index >= 15 is 0 Å². The highest BCUT2D eigenvalue weighted by molar-refractivity contribution is 5.44. The monoisotopic (exact) mass is 288 g/mol. The van der Waals surface area contributed by atoms with Gasteiger partial charge in [-0.05, 0) is 38.5 Å². The minimum absolute atomic E-state index is 0.507. The maximum atomic E-state index is 10.4. The lowest BCUT2D eigenvalue weighted by Gasteiger charge is -2.15. The van der Waals surface area contributed by atoms with Crippen LogP contribution in [0.15, 0.2) is 30.6 Å². The van der Waals surface area contributed by atoms with Crippen LogP contribution in [0.3, 0.4) is 0 Å². The molecule has 1 atom stereocenters. The van der Waals surface area contributed by atoms with Crippen LogP contribution in [-0.2, 0) is 0 Å². The summed E-state index contributed by atoms with van der Waals surface area (Å²) in [5, 5.41) is 10.4. The van der Waals surface area contributed by atoms with E-state index in [1.54, 1.807) is 30.6 Å². The second-order valence-electron chi connectivity index (χ2n) is 4.56. The number of benzene rings is 1. The first-order chi connectivity index (χ1) is 10.2. The highest BCUT2D eigenvalue weighted by atomic mass is 16.5. The fourth-order valence-corrected chi connectivity index (χ4v) is 1.95. The molecule has 1 unspecified atom stereocenters. The van der Waals surface area contributed by atoms with Crippen LogP contribution >= 0.6 is 0 Å². The summed E-state index contributed by atoms with van der Waals surface area (Å²) in [5.41, 5.74) is 2.01. The summed E-state index contributed by atoms with van der Waals surface area (Å²) in [6.07, 6.45) is 2.38. The Morgan fingerprint density at radius 2 is 1.76 bits per heavy atom. The van der Waals surface area contributed by atoms with Crippen LogP contribution in [0.4, 0.5) is 0 Å². The molecular formula is C16H20N2O3. The minimum Gasteiger partial charge on any atom is -0.490 e. The van der Waals surface area contributed by atoms with Gasteiger partial charge in [-0.3, -0.25) is 9.97 Å². The SMILES string of the molecule is CCOc1ccc(C(O)c2cnc(C)cn2)cc1OCC. The zero-order chi connectivity index (χ0) is 15.2. The van der Waals surface area contributed by atoms with Crippen molar-refractivity contribution in [1.29, 1.82) is 0 Å². The summed E-state index contributed by atoms with van der Waals surface area (Å²) in [5.74, 6) is 1.29. The predicted octanol–water partition coefficient (Wildman–Crippen LogP) is 2.66. The van der Waals surface area contributed by atoms with Gasteiger partial charge in [-0.2, -0.15) is 0 Å². The molecule has 0 amide bonds. The number of rotatable bonds is 6. The summed E-state index contributed by atoms with van der Waals surface area (Å²) in [4.78, 5) is 8.36. The molecule has 0 fully saturated rings. The van der Waals surface area contributed by atoms with Gasteiger partial charge in [0.2, 0.25) is 0 Å². The molecule has 5 heteroatoms. The van der Waals surface area contributed by atoms with Crippen molar-refractivity contribution in [3.63, 3.8) is 0 Å². The van der Waals surface area contributed by atoms with Crippen molar-refractivity contribution in [2.75, 3.05) is 13.2 Å². The van der Waals surface area contributed by atoms with E-state index in [0.717, 1.165) is 5.69 Å². The summed E-state index contributed by atoms with van der Waals surface area (Å²) in [6.45, 7) is 6.77. The van der Waals surface area contributed by atoms with E-state index in [9.17, 15) is 5.11 Å². The number of nitrogens with zero attached hydrogens (tertiary/aromatic N) is 2. The Balaban J connectivity index is 2.30. The van der Waals surface area contributed by atoms with Crippen molar-refractivity contribution < 1.29 is 14.6 Å². The standard InChI is InChI=1S/C16H20N2O3/c1-4-20-14-7-6-12(8-15(14)21-5-2)16(19)13-10-17-11(3)9-18-13/h6-10,16,19H,4-5H2,1-3H3. The minimum atomic E-state index is -0.840. The van der Waals surface area contributed by atoms with Gasteiger partial charge in [0.05, 0.1) is 30.8 Å². The third-order valence-corrected chi connectivity index (χ3v) is 2.96. The molecule has 21 heavy (non-hydrogen) atoms. The van der Waals surface area contributed by atoms with E-state index in [2.05, 4.69) is 9.97 Å². The van der Waals surface area contributed by atoms with Crippen molar-refractivity contribution >= 4 is 0 Å². The Bertz CT molecular complexity index is 585.